The molecule has 0 aliphatic heterocycles. The van der Waals surface area contributed by atoms with Crippen molar-refractivity contribution in [3.8, 4) is 5.75 Å². The Labute approximate surface area is 403 Å². The SMILES string of the molecule is Sc1ccc(OS(Sc2ccccc2)(c2ccccc2)(c2ccccc2)(c2ccc([S+](c3ccccc3)c3ccccc3)cc2)c2ccc([S+](c3ccccc3)c3ccccc3)cc2)cc1. The molecule has 1 nitrogen and oxygen atoms in total. The molecule has 6 heteroatoms. The summed E-state index contributed by atoms with van der Waals surface area (Å²) >= 11 is 4.78. The van der Waals surface area contributed by atoms with Crippen molar-refractivity contribution in [2.45, 2.75) is 58.7 Å². The summed E-state index contributed by atoms with van der Waals surface area (Å²) in [4.78, 5) is 13.7. The van der Waals surface area contributed by atoms with Crippen molar-refractivity contribution in [2.24, 2.45) is 0 Å². The number of hydrogen-bond acceptors (Lipinski definition) is 3. The maximum Gasteiger partial charge on any atom is 0.166 e. The molecule has 0 atom stereocenters. The lowest BCUT2D eigenvalue weighted by molar-refractivity contribution is 0.582. The van der Waals surface area contributed by atoms with Crippen molar-refractivity contribution in [1.29, 1.82) is 0 Å². The first-order valence-corrected chi connectivity index (χ1v) is 28.4. The molecule has 66 heavy (non-hydrogen) atoms. The van der Waals surface area contributed by atoms with Gasteiger partial charge in [-0.15, -0.1) is 12.6 Å². The lowest BCUT2D eigenvalue weighted by atomic mass is 10.3. The van der Waals surface area contributed by atoms with Gasteiger partial charge in [0.15, 0.2) is 29.4 Å². The largest absolute Gasteiger partial charge is 0.443 e. The molecule has 0 saturated heterocycles. The Morgan fingerprint density at radius 2 is 0.561 bits per heavy atom. The summed E-state index contributed by atoms with van der Waals surface area (Å²) in [5, 5.41) is 0. The normalized spacial score (nSPS) is 12.6. The van der Waals surface area contributed by atoms with Crippen molar-refractivity contribution in [3.63, 3.8) is 0 Å². The van der Waals surface area contributed by atoms with Crippen LogP contribution >= 0.6 is 31.0 Å². The third-order valence-electron chi connectivity index (χ3n) is 11.9. The molecule has 0 amide bonds. The zero-order chi connectivity index (χ0) is 44.7. The third kappa shape index (κ3) is 7.47. The van der Waals surface area contributed by atoms with Gasteiger partial charge in [0.2, 0.25) is 0 Å². The van der Waals surface area contributed by atoms with Crippen molar-refractivity contribution in [1.82, 2.24) is 0 Å². The highest BCUT2D eigenvalue weighted by molar-refractivity contribution is 9.11. The van der Waals surface area contributed by atoms with Crippen LogP contribution in [0, 0.1) is 0 Å². The van der Waals surface area contributed by atoms with E-state index in [9.17, 15) is 0 Å². The highest BCUT2D eigenvalue weighted by atomic mass is 33.2. The van der Waals surface area contributed by atoms with Gasteiger partial charge in [-0.1, -0.05) is 127 Å². The minimum absolute atomic E-state index is 0.376. The minimum atomic E-state index is -5.01. The predicted octanol–water partition coefficient (Wildman–Crippen LogP) is 17.3. The van der Waals surface area contributed by atoms with Crippen LogP contribution in [0.15, 0.2) is 344 Å². The van der Waals surface area contributed by atoms with Gasteiger partial charge in [0.25, 0.3) is 0 Å². The van der Waals surface area contributed by atoms with E-state index in [4.69, 9.17) is 16.8 Å². The minimum Gasteiger partial charge on any atom is -0.443 e. The van der Waals surface area contributed by atoms with E-state index in [0.29, 0.717) is 0 Å². The summed E-state index contributed by atoms with van der Waals surface area (Å²) in [5.41, 5.74) is 0. The van der Waals surface area contributed by atoms with E-state index in [1.807, 2.05) is 22.9 Å². The summed E-state index contributed by atoms with van der Waals surface area (Å²) in [6.45, 7) is 0. The molecule has 0 spiro atoms. The Balaban J connectivity index is 1.35. The van der Waals surface area contributed by atoms with Crippen LogP contribution in [0.3, 0.4) is 0 Å². The van der Waals surface area contributed by atoms with Gasteiger partial charge in [0.1, 0.15) is 5.75 Å². The molecular formula is C60H48OS5+2. The molecule has 0 aromatic heterocycles. The fourth-order valence-corrected chi connectivity index (χ4v) is 24.7. The first-order chi connectivity index (χ1) is 32.5. The van der Waals surface area contributed by atoms with Crippen molar-refractivity contribution < 1.29 is 4.18 Å². The molecule has 0 N–H and O–H groups in total. The number of hydrogen-bond donors (Lipinski definition) is 1. The Bertz CT molecular complexity index is 2890. The van der Waals surface area contributed by atoms with Crippen LogP contribution in [-0.4, -0.2) is 0 Å². The lowest BCUT2D eigenvalue weighted by Gasteiger charge is -2.78. The van der Waals surface area contributed by atoms with Gasteiger partial charge < -0.3 is 4.18 Å². The van der Waals surface area contributed by atoms with E-state index in [2.05, 4.69) is 273 Å². The summed E-state index contributed by atoms with van der Waals surface area (Å²) in [7, 11) is -3.92. The molecule has 0 fully saturated rings. The first-order valence-electron chi connectivity index (χ1n) is 21.8. The first kappa shape index (κ1) is 43.6. The molecule has 322 valence electrons. The van der Waals surface area contributed by atoms with Gasteiger partial charge in [0.05, 0.1) is 21.8 Å². The number of thiol groups is 1. The molecule has 0 radical (unpaired) electrons. The fraction of sp³-hybridized carbons (Fsp3) is 0. The number of benzene rings is 10. The second kappa shape index (κ2) is 18.6. The lowest BCUT2D eigenvalue weighted by Crippen LogP contribution is -2.40. The molecule has 10 aromatic carbocycles. The smallest absolute Gasteiger partial charge is 0.166 e. The summed E-state index contributed by atoms with van der Waals surface area (Å²) in [5.74, 6) is 0.736. The van der Waals surface area contributed by atoms with Gasteiger partial charge in [-0.05, 0) is 176 Å². The van der Waals surface area contributed by atoms with Crippen LogP contribution in [0.2, 0.25) is 0 Å². The fourth-order valence-electron chi connectivity index (χ4n) is 8.96. The standard InChI is InChI=1S/C60H47OS5/c62-49-38-36-48(37-39-49)61-66(57-32-18-6-19-33-57,58-34-20-7-21-35-58,63-50-22-8-1-9-23-50,59-44-40-55(41-45-59)64(51-24-10-2-11-25-51)52-26-12-3-13-27-52)60-46-42-56(43-47-60)65(53-28-14-4-15-29-53)54-30-16-5-17-31-54/h1-47H/q+1/p+1. The maximum absolute atomic E-state index is 8.57. The monoisotopic (exact) mass is 944 g/mol. The molecule has 0 heterocycles. The van der Waals surface area contributed by atoms with Crippen molar-refractivity contribution in [3.05, 3.63) is 285 Å². The van der Waals surface area contributed by atoms with Crippen LogP contribution in [0.4, 0.5) is 0 Å². The van der Waals surface area contributed by atoms with E-state index < -0.39 is 7.61 Å². The highest BCUT2D eigenvalue weighted by Crippen LogP contribution is 3.12. The van der Waals surface area contributed by atoms with Gasteiger partial charge in [-0.2, -0.15) is 0 Å². The van der Waals surface area contributed by atoms with Gasteiger partial charge in [0, 0.05) is 29.4 Å². The van der Waals surface area contributed by atoms with E-state index in [1.165, 1.54) is 29.4 Å². The zero-order valence-electron chi connectivity index (χ0n) is 36.1. The second-order valence-electron chi connectivity index (χ2n) is 15.8. The molecule has 0 unspecified atom stereocenters. The van der Waals surface area contributed by atoms with Crippen molar-refractivity contribution >= 4 is 52.8 Å². The molecule has 0 aliphatic rings. The van der Waals surface area contributed by atoms with E-state index in [-0.39, 0.29) is 21.8 Å². The van der Waals surface area contributed by atoms with Crippen LogP contribution in [0.25, 0.3) is 0 Å². The van der Waals surface area contributed by atoms with Crippen LogP contribution in [0.1, 0.15) is 0 Å². The summed E-state index contributed by atoms with van der Waals surface area (Å²) < 4.78 is 8.57. The number of rotatable bonds is 14. The Morgan fingerprint density at radius 3 is 0.894 bits per heavy atom. The molecule has 0 bridgehead atoms. The molecule has 0 aliphatic carbocycles. The average molecular weight is 945 g/mol. The predicted molar refractivity (Wildman–Crippen MR) is 283 cm³/mol. The summed E-state index contributed by atoms with van der Waals surface area (Å²) in [6, 6.07) is 103. The van der Waals surface area contributed by atoms with Crippen LogP contribution < -0.4 is 4.18 Å². The quantitative estimate of drug-likeness (QED) is 0.0661. The third-order valence-corrected chi connectivity index (χ3v) is 27.8. The average Bonchev–Trinajstić information content (AvgIpc) is 3.40. The van der Waals surface area contributed by atoms with E-state index >= 15 is 0 Å². The highest BCUT2D eigenvalue weighted by Gasteiger charge is 2.70. The van der Waals surface area contributed by atoms with Crippen LogP contribution in [-0.2, 0) is 21.8 Å². The van der Waals surface area contributed by atoms with E-state index in [0.717, 1.165) is 35.1 Å². The molecule has 0 saturated carbocycles. The van der Waals surface area contributed by atoms with Gasteiger partial charge >= 0.3 is 0 Å². The van der Waals surface area contributed by atoms with Crippen molar-refractivity contribution in [2.75, 3.05) is 0 Å². The van der Waals surface area contributed by atoms with E-state index in [1.54, 1.807) is 0 Å². The molecular weight excluding hydrogens is 897 g/mol. The Hall–Kier alpha value is -6.25. The zero-order valence-corrected chi connectivity index (χ0v) is 40.3. The van der Waals surface area contributed by atoms with Gasteiger partial charge in [-0.25, -0.2) is 0 Å². The topological polar surface area (TPSA) is 9.23 Å². The Kier molecular flexibility index (Phi) is 12.3. The van der Waals surface area contributed by atoms with Gasteiger partial charge in [-0.3, -0.25) is 0 Å². The molecule has 10 aromatic rings. The maximum atomic E-state index is 8.57. The molecule has 10 rings (SSSR count). The Morgan fingerprint density at radius 1 is 0.288 bits per heavy atom. The van der Waals surface area contributed by atoms with Crippen LogP contribution in [0.5, 0.6) is 5.75 Å². The second-order valence-corrected chi connectivity index (χ2v) is 28.6. The summed E-state index contributed by atoms with van der Waals surface area (Å²) in [6.07, 6.45) is 0.